The van der Waals surface area contributed by atoms with Gasteiger partial charge < -0.3 is 11.1 Å². The molecule has 3 N–H and O–H groups in total. The Morgan fingerprint density at radius 3 is 2.76 bits per heavy atom. The molecule has 130 valence electrons. The maximum Gasteiger partial charge on any atom is 0.168 e. The van der Waals surface area contributed by atoms with Gasteiger partial charge in [0, 0.05) is 17.1 Å². The van der Waals surface area contributed by atoms with Crippen molar-refractivity contribution in [2.75, 3.05) is 5.32 Å². The zero-order valence-corrected chi connectivity index (χ0v) is 14.9. The highest BCUT2D eigenvalue weighted by molar-refractivity contribution is 6.30. The molecule has 2 heterocycles. The summed E-state index contributed by atoms with van der Waals surface area (Å²) in [6.07, 6.45) is 6.04. The normalized spacial score (nSPS) is 20.8. The molecule has 1 fully saturated rings. The number of nitrogens with two attached hydrogens (primary N) is 1. The largest absolute Gasteiger partial charge is 0.367 e. The highest BCUT2D eigenvalue weighted by Gasteiger charge is 2.21. The van der Waals surface area contributed by atoms with Crippen molar-refractivity contribution in [3.8, 4) is 5.69 Å². The molecule has 6 nitrogen and oxygen atoms in total. The van der Waals surface area contributed by atoms with E-state index < -0.39 is 0 Å². The van der Waals surface area contributed by atoms with Crippen LogP contribution in [0.15, 0.2) is 30.5 Å². The molecule has 1 aliphatic rings. The lowest BCUT2D eigenvalue weighted by Gasteiger charge is -2.27. The van der Waals surface area contributed by atoms with E-state index in [9.17, 15) is 0 Å². The molecule has 0 amide bonds. The van der Waals surface area contributed by atoms with Crippen LogP contribution in [0.1, 0.15) is 31.5 Å². The Labute approximate surface area is 151 Å². The summed E-state index contributed by atoms with van der Waals surface area (Å²) >= 11 is 6.12. The van der Waals surface area contributed by atoms with E-state index in [1.165, 1.54) is 0 Å². The first-order valence-electron chi connectivity index (χ1n) is 8.60. The molecule has 1 aliphatic carbocycles. The van der Waals surface area contributed by atoms with Crippen molar-refractivity contribution in [2.45, 2.75) is 44.7 Å². The molecule has 3 aromatic rings. The Morgan fingerprint density at radius 1 is 1.20 bits per heavy atom. The number of hydrogen-bond acceptors (Lipinski definition) is 5. The fourth-order valence-electron chi connectivity index (χ4n) is 3.38. The van der Waals surface area contributed by atoms with Gasteiger partial charge in [-0.1, -0.05) is 17.7 Å². The van der Waals surface area contributed by atoms with Gasteiger partial charge in [0.2, 0.25) is 0 Å². The van der Waals surface area contributed by atoms with Gasteiger partial charge in [0.25, 0.3) is 0 Å². The van der Waals surface area contributed by atoms with Crippen LogP contribution >= 0.6 is 11.6 Å². The van der Waals surface area contributed by atoms with Crippen molar-refractivity contribution in [1.29, 1.82) is 0 Å². The maximum atomic E-state index is 6.12. The highest BCUT2D eigenvalue weighted by Crippen LogP contribution is 2.27. The number of rotatable bonds is 3. The maximum absolute atomic E-state index is 6.12. The summed E-state index contributed by atoms with van der Waals surface area (Å²) in [5, 5.41) is 9.67. The topological polar surface area (TPSA) is 81.6 Å². The van der Waals surface area contributed by atoms with Crippen LogP contribution in [0, 0.1) is 6.92 Å². The minimum atomic E-state index is 0.329. The Morgan fingerprint density at radius 2 is 2.00 bits per heavy atom. The number of halogens is 1. The van der Waals surface area contributed by atoms with Crippen LogP contribution in [-0.4, -0.2) is 31.8 Å². The van der Waals surface area contributed by atoms with Crippen LogP contribution < -0.4 is 11.1 Å². The van der Waals surface area contributed by atoms with Crippen LogP contribution in [0.4, 0.5) is 5.82 Å². The summed E-state index contributed by atoms with van der Waals surface area (Å²) in [6.45, 7) is 1.90. The standard InChI is InChI=1S/C18H21ClN6/c1-11-22-17(24-14-7-5-13(20)6-8-14)16-10-21-25(18(16)23-11)15-4-2-3-12(19)9-15/h2-4,9-10,13-14H,5-8,20H2,1H3,(H,22,23,24). The van der Waals surface area contributed by atoms with Crippen LogP contribution in [0.25, 0.3) is 16.7 Å². The van der Waals surface area contributed by atoms with Crippen LogP contribution in [0.5, 0.6) is 0 Å². The number of benzene rings is 1. The predicted octanol–water partition coefficient (Wildman–Crippen LogP) is 3.46. The van der Waals surface area contributed by atoms with Crippen LogP contribution in [-0.2, 0) is 0 Å². The monoisotopic (exact) mass is 356 g/mol. The van der Waals surface area contributed by atoms with Gasteiger partial charge in [-0.25, -0.2) is 14.6 Å². The highest BCUT2D eigenvalue weighted by atomic mass is 35.5. The second-order valence-electron chi connectivity index (χ2n) is 6.65. The molecule has 0 unspecified atom stereocenters. The molecule has 2 aromatic heterocycles. The molecule has 1 saturated carbocycles. The van der Waals surface area contributed by atoms with Crippen molar-refractivity contribution in [3.63, 3.8) is 0 Å². The van der Waals surface area contributed by atoms with Crippen molar-refractivity contribution >= 4 is 28.5 Å². The molecular formula is C18H21ClN6. The lowest BCUT2D eigenvalue weighted by atomic mass is 9.92. The second kappa shape index (κ2) is 6.61. The quantitative estimate of drug-likeness (QED) is 0.751. The number of fused-ring (bicyclic) bond motifs is 1. The number of aromatic nitrogens is 4. The fraction of sp³-hybridized carbons (Fsp3) is 0.389. The molecule has 1 aromatic carbocycles. The summed E-state index contributed by atoms with van der Waals surface area (Å²) in [6, 6.07) is 8.32. The van der Waals surface area contributed by atoms with E-state index >= 15 is 0 Å². The summed E-state index contributed by atoms with van der Waals surface area (Å²) in [7, 11) is 0. The fourth-order valence-corrected chi connectivity index (χ4v) is 3.57. The predicted molar refractivity (Wildman–Crippen MR) is 100 cm³/mol. The zero-order chi connectivity index (χ0) is 17.4. The molecule has 0 saturated heterocycles. The smallest absolute Gasteiger partial charge is 0.168 e. The first-order chi connectivity index (χ1) is 12.1. The third kappa shape index (κ3) is 3.32. The third-order valence-electron chi connectivity index (χ3n) is 4.71. The molecule has 7 heteroatoms. The molecular weight excluding hydrogens is 336 g/mol. The van der Waals surface area contributed by atoms with E-state index in [1.807, 2.05) is 37.4 Å². The van der Waals surface area contributed by atoms with Gasteiger partial charge in [-0.3, -0.25) is 0 Å². The summed E-state index contributed by atoms with van der Waals surface area (Å²) < 4.78 is 1.80. The van der Waals surface area contributed by atoms with Crippen LogP contribution in [0.3, 0.4) is 0 Å². The van der Waals surface area contributed by atoms with Gasteiger partial charge >= 0.3 is 0 Å². The molecule has 0 bridgehead atoms. The molecule has 0 radical (unpaired) electrons. The Bertz CT molecular complexity index is 898. The van der Waals surface area contributed by atoms with Crippen molar-refractivity contribution < 1.29 is 0 Å². The van der Waals surface area contributed by atoms with Crippen molar-refractivity contribution in [3.05, 3.63) is 41.3 Å². The van der Waals surface area contributed by atoms with Crippen LogP contribution in [0.2, 0.25) is 5.02 Å². The number of nitrogens with zero attached hydrogens (tertiary/aromatic N) is 4. The Kier molecular flexibility index (Phi) is 4.31. The number of anilines is 1. The van der Waals surface area contributed by atoms with Gasteiger partial charge in [0.15, 0.2) is 5.65 Å². The third-order valence-corrected chi connectivity index (χ3v) is 4.94. The molecule has 0 spiro atoms. The van der Waals surface area contributed by atoms with Gasteiger partial charge in [-0.2, -0.15) is 5.10 Å². The minimum Gasteiger partial charge on any atom is -0.367 e. The second-order valence-corrected chi connectivity index (χ2v) is 7.09. The summed E-state index contributed by atoms with van der Waals surface area (Å²) in [4.78, 5) is 9.20. The first kappa shape index (κ1) is 16.3. The molecule has 0 atom stereocenters. The van der Waals surface area contributed by atoms with Crippen molar-refractivity contribution in [2.24, 2.45) is 5.73 Å². The first-order valence-corrected chi connectivity index (χ1v) is 8.98. The lowest BCUT2D eigenvalue weighted by molar-refractivity contribution is 0.410. The van der Waals surface area contributed by atoms with Gasteiger partial charge in [-0.05, 0) is 50.8 Å². The summed E-state index contributed by atoms with van der Waals surface area (Å²) in [5.74, 6) is 1.56. The van der Waals surface area contributed by atoms with E-state index in [0.717, 1.165) is 48.2 Å². The van der Waals surface area contributed by atoms with Crippen molar-refractivity contribution in [1.82, 2.24) is 19.7 Å². The van der Waals surface area contributed by atoms with E-state index in [-0.39, 0.29) is 0 Å². The van der Waals surface area contributed by atoms with Gasteiger partial charge in [-0.15, -0.1) is 0 Å². The Balaban J connectivity index is 1.71. The van der Waals surface area contributed by atoms with E-state index in [2.05, 4.69) is 20.4 Å². The number of hydrogen-bond donors (Lipinski definition) is 2. The van der Waals surface area contributed by atoms with E-state index in [4.69, 9.17) is 17.3 Å². The lowest BCUT2D eigenvalue weighted by Crippen LogP contribution is -2.33. The number of nitrogens with one attached hydrogen (secondary N) is 1. The minimum absolute atomic E-state index is 0.329. The van der Waals surface area contributed by atoms with E-state index in [0.29, 0.717) is 22.9 Å². The van der Waals surface area contributed by atoms with Gasteiger partial charge in [0.1, 0.15) is 11.6 Å². The van der Waals surface area contributed by atoms with E-state index in [1.54, 1.807) is 4.68 Å². The summed E-state index contributed by atoms with van der Waals surface area (Å²) in [5.41, 5.74) is 7.67. The SMILES string of the molecule is Cc1nc(NC2CCC(N)CC2)c2cnn(-c3cccc(Cl)c3)c2n1. The number of aryl methyl sites for hydroxylation is 1. The average molecular weight is 357 g/mol. The Hall–Kier alpha value is -2.18. The molecule has 25 heavy (non-hydrogen) atoms. The van der Waals surface area contributed by atoms with Gasteiger partial charge in [0.05, 0.1) is 17.3 Å². The average Bonchev–Trinajstić information content (AvgIpc) is 3.01. The molecule has 0 aliphatic heterocycles. The molecule has 4 rings (SSSR count). The zero-order valence-electron chi connectivity index (χ0n) is 14.1.